The summed E-state index contributed by atoms with van der Waals surface area (Å²) in [5.74, 6) is 0.710. The Balaban J connectivity index is 1.96. The molecule has 1 aromatic rings. The maximum atomic E-state index is 13.3. The summed E-state index contributed by atoms with van der Waals surface area (Å²) in [6, 6.07) is 4.84. The predicted molar refractivity (Wildman–Crippen MR) is 77.8 cm³/mol. The summed E-state index contributed by atoms with van der Waals surface area (Å²) in [5.41, 5.74) is 1.67. The van der Waals surface area contributed by atoms with E-state index in [0.717, 1.165) is 11.1 Å². The molecule has 2 rings (SSSR count). The van der Waals surface area contributed by atoms with E-state index >= 15 is 0 Å². The second-order valence-electron chi connectivity index (χ2n) is 5.28. The largest absolute Gasteiger partial charge is 0.338 e. The van der Waals surface area contributed by atoms with Crippen molar-refractivity contribution in [3.8, 4) is 0 Å². The average molecular weight is 295 g/mol. The molecule has 1 fully saturated rings. The molecule has 20 heavy (non-hydrogen) atoms. The van der Waals surface area contributed by atoms with Crippen LogP contribution >= 0.6 is 11.8 Å². The van der Waals surface area contributed by atoms with Gasteiger partial charge in [-0.3, -0.25) is 9.59 Å². The van der Waals surface area contributed by atoms with Crippen LogP contribution in [0.4, 0.5) is 4.39 Å². The Morgan fingerprint density at radius 1 is 1.45 bits per heavy atom. The molecule has 0 radical (unpaired) electrons. The minimum Gasteiger partial charge on any atom is -0.338 e. The maximum Gasteiger partial charge on any atom is 0.223 e. The molecule has 0 aliphatic carbocycles. The Labute approximate surface area is 122 Å². The first-order valence-corrected chi connectivity index (χ1v) is 7.60. The number of likely N-dealkylation sites (tertiary alicyclic amines) is 1. The molecular formula is C15H18FNO2S. The van der Waals surface area contributed by atoms with E-state index in [1.165, 1.54) is 30.8 Å². The highest BCUT2D eigenvalue weighted by Crippen LogP contribution is 2.24. The quantitative estimate of drug-likeness (QED) is 0.857. The Kier molecular flexibility index (Phi) is 4.81. The summed E-state index contributed by atoms with van der Waals surface area (Å²) < 4.78 is 13.3. The van der Waals surface area contributed by atoms with Crippen molar-refractivity contribution in [2.24, 2.45) is 5.92 Å². The zero-order valence-corrected chi connectivity index (χ0v) is 12.5. The number of nitrogens with zero attached hydrogens (tertiary/aromatic N) is 1. The fourth-order valence-electron chi connectivity index (χ4n) is 2.48. The average Bonchev–Trinajstić information content (AvgIpc) is 2.66. The first-order chi connectivity index (χ1) is 9.44. The van der Waals surface area contributed by atoms with Crippen LogP contribution in [0.1, 0.15) is 24.5 Å². The number of hydrogen-bond donors (Lipinski definition) is 0. The number of hydrogen-bond acceptors (Lipinski definition) is 3. The summed E-state index contributed by atoms with van der Waals surface area (Å²) in [6.45, 7) is 4.47. The molecule has 1 aliphatic heterocycles. The zero-order chi connectivity index (χ0) is 14.7. The van der Waals surface area contributed by atoms with Gasteiger partial charge in [0.25, 0.3) is 0 Å². The number of aryl methyl sites for hydroxylation is 1. The molecule has 1 heterocycles. The lowest BCUT2D eigenvalue weighted by atomic mass is 10.1. The van der Waals surface area contributed by atoms with E-state index in [1.54, 1.807) is 4.90 Å². The lowest BCUT2D eigenvalue weighted by molar-refractivity contribution is -0.128. The number of carbonyl (C=O) groups excluding carboxylic acids is 2. The van der Waals surface area contributed by atoms with E-state index in [1.807, 2.05) is 13.0 Å². The van der Waals surface area contributed by atoms with Gasteiger partial charge < -0.3 is 4.90 Å². The second-order valence-corrected chi connectivity index (χ2v) is 6.48. The summed E-state index contributed by atoms with van der Waals surface area (Å²) in [6.07, 6.45) is 0.481. The fourth-order valence-corrected chi connectivity index (χ4v) is 3.17. The van der Waals surface area contributed by atoms with Gasteiger partial charge in [-0.15, -0.1) is 0 Å². The van der Waals surface area contributed by atoms with E-state index in [4.69, 9.17) is 0 Å². The number of thioether (sulfide) groups is 1. The Hall–Kier alpha value is -1.36. The van der Waals surface area contributed by atoms with Crippen molar-refractivity contribution in [1.82, 2.24) is 4.90 Å². The maximum absolute atomic E-state index is 13.3. The molecule has 1 saturated heterocycles. The van der Waals surface area contributed by atoms with Crippen molar-refractivity contribution in [2.45, 2.75) is 26.8 Å². The Bertz CT molecular complexity index is 512. The van der Waals surface area contributed by atoms with Gasteiger partial charge in [0, 0.05) is 32.2 Å². The normalized spacial score (nSPS) is 18.6. The van der Waals surface area contributed by atoms with Crippen LogP contribution in [0.5, 0.6) is 0 Å². The fraction of sp³-hybridized carbons (Fsp3) is 0.467. The van der Waals surface area contributed by atoms with Gasteiger partial charge in [-0.25, -0.2) is 4.39 Å². The van der Waals surface area contributed by atoms with Crippen molar-refractivity contribution in [2.75, 3.05) is 12.3 Å². The smallest absolute Gasteiger partial charge is 0.223 e. The van der Waals surface area contributed by atoms with E-state index < -0.39 is 0 Å². The molecule has 1 unspecified atom stereocenters. The monoisotopic (exact) mass is 295 g/mol. The minimum absolute atomic E-state index is 0.0802. The van der Waals surface area contributed by atoms with Crippen molar-refractivity contribution in [3.63, 3.8) is 0 Å². The van der Waals surface area contributed by atoms with Gasteiger partial charge in [0.05, 0.1) is 0 Å². The van der Waals surface area contributed by atoms with Crippen molar-refractivity contribution in [1.29, 1.82) is 0 Å². The van der Waals surface area contributed by atoms with E-state index in [-0.39, 0.29) is 22.8 Å². The Morgan fingerprint density at radius 2 is 2.20 bits per heavy atom. The van der Waals surface area contributed by atoms with Crippen LogP contribution in [0.3, 0.4) is 0 Å². The highest BCUT2D eigenvalue weighted by Gasteiger charge is 2.29. The van der Waals surface area contributed by atoms with Crippen LogP contribution in [0.25, 0.3) is 0 Å². The van der Waals surface area contributed by atoms with Crippen molar-refractivity contribution < 1.29 is 14.0 Å². The van der Waals surface area contributed by atoms with Gasteiger partial charge in [0.2, 0.25) is 5.91 Å². The Morgan fingerprint density at radius 3 is 2.85 bits per heavy atom. The molecule has 1 aliphatic rings. The molecule has 0 bridgehead atoms. The van der Waals surface area contributed by atoms with Crippen LogP contribution in [-0.2, 0) is 16.1 Å². The van der Waals surface area contributed by atoms with Crippen LogP contribution < -0.4 is 0 Å². The van der Waals surface area contributed by atoms with Gasteiger partial charge in [-0.1, -0.05) is 17.8 Å². The van der Waals surface area contributed by atoms with Crippen LogP contribution in [0.2, 0.25) is 0 Å². The van der Waals surface area contributed by atoms with Crippen LogP contribution in [-0.4, -0.2) is 28.2 Å². The van der Waals surface area contributed by atoms with Crippen LogP contribution in [0, 0.1) is 18.7 Å². The number of rotatable bonds is 4. The van der Waals surface area contributed by atoms with E-state index in [9.17, 15) is 14.0 Å². The topological polar surface area (TPSA) is 37.4 Å². The van der Waals surface area contributed by atoms with Crippen LogP contribution in [0.15, 0.2) is 18.2 Å². The molecule has 0 saturated carbocycles. The molecule has 1 amide bonds. The van der Waals surface area contributed by atoms with E-state index in [2.05, 4.69) is 0 Å². The van der Waals surface area contributed by atoms with E-state index in [0.29, 0.717) is 25.3 Å². The molecule has 0 aromatic heterocycles. The standard InChI is InChI=1S/C15H18FNO2S/c1-10-3-12(5-14(16)4-10)7-17-8-13(6-15(17)19)9-20-11(2)18/h3-5,13H,6-9H2,1-2H3. The van der Waals surface area contributed by atoms with Crippen molar-refractivity contribution >= 4 is 22.8 Å². The first-order valence-electron chi connectivity index (χ1n) is 6.61. The van der Waals surface area contributed by atoms with Gasteiger partial charge in [-0.05, 0) is 36.1 Å². The zero-order valence-electron chi connectivity index (χ0n) is 11.7. The lowest BCUT2D eigenvalue weighted by Gasteiger charge is -2.17. The molecule has 1 atom stereocenters. The lowest BCUT2D eigenvalue weighted by Crippen LogP contribution is -2.25. The number of benzene rings is 1. The molecule has 108 valence electrons. The third-order valence-corrected chi connectivity index (χ3v) is 4.34. The SMILES string of the molecule is CC(=O)SCC1CC(=O)N(Cc2cc(C)cc(F)c2)C1. The molecule has 5 heteroatoms. The number of carbonyl (C=O) groups is 2. The highest BCUT2D eigenvalue weighted by atomic mass is 32.2. The predicted octanol–water partition coefficient (Wildman–Crippen LogP) is 2.76. The number of halogens is 1. The first kappa shape index (κ1) is 15.0. The summed E-state index contributed by atoms with van der Waals surface area (Å²) in [5, 5.41) is 0.0802. The van der Waals surface area contributed by atoms with Gasteiger partial charge in [0.1, 0.15) is 5.82 Å². The third kappa shape index (κ3) is 4.07. The molecule has 0 spiro atoms. The van der Waals surface area contributed by atoms with Gasteiger partial charge in [0.15, 0.2) is 5.12 Å². The number of amides is 1. The molecular weight excluding hydrogens is 277 g/mol. The van der Waals surface area contributed by atoms with Gasteiger partial charge in [-0.2, -0.15) is 0 Å². The summed E-state index contributed by atoms with van der Waals surface area (Å²) in [7, 11) is 0. The van der Waals surface area contributed by atoms with Crippen molar-refractivity contribution in [3.05, 3.63) is 35.1 Å². The third-order valence-electron chi connectivity index (χ3n) is 3.29. The molecule has 0 N–H and O–H groups in total. The molecule has 3 nitrogen and oxygen atoms in total. The summed E-state index contributed by atoms with van der Waals surface area (Å²) in [4.78, 5) is 24.6. The highest BCUT2D eigenvalue weighted by molar-refractivity contribution is 8.13. The summed E-state index contributed by atoms with van der Waals surface area (Å²) >= 11 is 1.27. The minimum atomic E-state index is -0.268. The van der Waals surface area contributed by atoms with Gasteiger partial charge >= 0.3 is 0 Å². The second kappa shape index (κ2) is 6.39. The molecule has 1 aromatic carbocycles.